The summed E-state index contributed by atoms with van der Waals surface area (Å²) in [5, 5.41) is 3.47. The van der Waals surface area contributed by atoms with Crippen LogP contribution in [0.1, 0.15) is 16.1 Å². The van der Waals surface area contributed by atoms with Crippen molar-refractivity contribution in [2.24, 2.45) is 0 Å². The molecule has 0 saturated heterocycles. The Morgan fingerprint density at radius 1 is 1.16 bits per heavy atom. The summed E-state index contributed by atoms with van der Waals surface area (Å²) in [6.45, 7) is 0.193. The fourth-order valence-corrected chi connectivity index (χ4v) is 3.36. The summed E-state index contributed by atoms with van der Waals surface area (Å²) in [6.07, 6.45) is 1.48. The van der Waals surface area contributed by atoms with Gasteiger partial charge in [-0.3, -0.25) is 9.59 Å². The number of nitrogens with zero attached hydrogens (tertiary/aromatic N) is 1. The number of fused-ring (bicyclic) bond motifs is 1. The van der Waals surface area contributed by atoms with Crippen LogP contribution < -0.4 is 10.9 Å². The van der Waals surface area contributed by atoms with Crippen molar-refractivity contribution in [3.05, 3.63) is 76.4 Å². The lowest BCUT2D eigenvalue weighted by Crippen LogP contribution is -2.28. The first kappa shape index (κ1) is 15.3. The number of nitrogens with one attached hydrogen (secondary N) is 2. The van der Waals surface area contributed by atoms with Crippen LogP contribution in [0.4, 0.5) is 0 Å². The van der Waals surface area contributed by atoms with Crippen LogP contribution in [0.5, 0.6) is 0 Å². The van der Waals surface area contributed by atoms with Crippen LogP contribution >= 0.6 is 11.3 Å². The Morgan fingerprint density at radius 3 is 2.88 bits per heavy atom. The van der Waals surface area contributed by atoms with Gasteiger partial charge in [0.2, 0.25) is 0 Å². The van der Waals surface area contributed by atoms with Crippen molar-refractivity contribution in [1.29, 1.82) is 0 Å². The smallest absolute Gasteiger partial charge is 0.260 e. The molecular formula is C18H13N3O3S. The van der Waals surface area contributed by atoms with Gasteiger partial charge in [0.25, 0.3) is 11.5 Å². The first-order valence-electron chi connectivity index (χ1n) is 7.61. The molecule has 3 aromatic heterocycles. The van der Waals surface area contributed by atoms with Crippen molar-refractivity contribution >= 4 is 27.5 Å². The van der Waals surface area contributed by atoms with Crippen molar-refractivity contribution in [2.45, 2.75) is 6.54 Å². The number of carbonyl (C=O) groups is 1. The molecule has 0 aliphatic rings. The fraction of sp³-hybridized carbons (Fsp3) is 0.0556. The summed E-state index contributed by atoms with van der Waals surface area (Å²) in [4.78, 5) is 30.7. The number of thiazole rings is 1. The number of pyridine rings is 1. The monoisotopic (exact) mass is 351 g/mol. The molecule has 0 radical (unpaired) electrons. The molecule has 0 aliphatic heterocycles. The third-order valence-corrected chi connectivity index (χ3v) is 4.70. The van der Waals surface area contributed by atoms with E-state index in [1.54, 1.807) is 23.5 Å². The maximum atomic E-state index is 12.0. The van der Waals surface area contributed by atoms with E-state index in [1.165, 1.54) is 12.3 Å². The van der Waals surface area contributed by atoms with Gasteiger partial charge in [-0.05, 0) is 36.4 Å². The number of aromatic amines is 1. The number of amides is 1. The molecule has 124 valence electrons. The number of furan rings is 1. The molecule has 0 bridgehead atoms. The van der Waals surface area contributed by atoms with Crippen LogP contribution in [0.25, 0.3) is 21.0 Å². The number of H-pyrrole nitrogens is 1. The van der Waals surface area contributed by atoms with Crippen LogP contribution in [0, 0.1) is 0 Å². The second kappa shape index (κ2) is 6.37. The summed E-state index contributed by atoms with van der Waals surface area (Å²) >= 11 is 1.55. The van der Waals surface area contributed by atoms with E-state index in [1.807, 2.05) is 30.3 Å². The Balaban J connectivity index is 1.49. The standard InChI is InChI=1S/C18H13N3O3S/c22-16-12(4-3-9-19-16)17(23)20-10-11-7-8-14(24-11)18-21-13-5-1-2-6-15(13)25-18/h1-9H,10H2,(H,19,22)(H,20,23). The van der Waals surface area contributed by atoms with Crippen LogP contribution in [-0.2, 0) is 6.54 Å². The molecule has 1 amide bonds. The summed E-state index contributed by atoms with van der Waals surface area (Å²) in [5.74, 6) is 0.803. The lowest BCUT2D eigenvalue weighted by molar-refractivity contribution is 0.0946. The molecule has 2 N–H and O–H groups in total. The summed E-state index contributed by atoms with van der Waals surface area (Å²) in [6, 6.07) is 14.6. The molecule has 7 heteroatoms. The zero-order valence-electron chi connectivity index (χ0n) is 13.0. The van der Waals surface area contributed by atoms with Gasteiger partial charge in [-0.25, -0.2) is 4.98 Å². The largest absolute Gasteiger partial charge is 0.457 e. The minimum atomic E-state index is -0.445. The molecule has 4 aromatic rings. The van der Waals surface area contributed by atoms with E-state index in [0.717, 1.165) is 15.2 Å². The number of aromatic nitrogens is 2. The molecule has 3 heterocycles. The normalized spacial score (nSPS) is 10.9. The predicted molar refractivity (Wildman–Crippen MR) is 95.6 cm³/mol. The quantitative estimate of drug-likeness (QED) is 0.591. The minimum absolute atomic E-state index is 0.0699. The van der Waals surface area contributed by atoms with Crippen LogP contribution in [0.15, 0.2) is 63.9 Å². The average Bonchev–Trinajstić information content (AvgIpc) is 3.26. The van der Waals surface area contributed by atoms with Gasteiger partial charge in [-0.1, -0.05) is 12.1 Å². The number of hydrogen-bond acceptors (Lipinski definition) is 5. The Hall–Kier alpha value is -3.19. The fourth-order valence-electron chi connectivity index (χ4n) is 2.43. The van der Waals surface area contributed by atoms with Crippen molar-refractivity contribution in [2.75, 3.05) is 0 Å². The van der Waals surface area contributed by atoms with Gasteiger partial charge in [0.1, 0.15) is 11.3 Å². The van der Waals surface area contributed by atoms with Crippen molar-refractivity contribution in [3.63, 3.8) is 0 Å². The lowest BCUT2D eigenvalue weighted by atomic mass is 10.2. The Kier molecular flexibility index (Phi) is 3.91. The number of rotatable bonds is 4. The van der Waals surface area contributed by atoms with Gasteiger partial charge in [0.15, 0.2) is 10.8 Å². The molecule has 0 spiro atoms. The van der Waals surface area contributed by atoms with Crippen molar-refractivity contribution in [1.82, 2.24) is 15.3 Å². The van der Waals surface area contributed by atoms with E-state index in [2.05, 4.69) is 15.3 Å². The molecule has 0 atom stereocenters. The average molecular weight is 351 g/mol. The molecule has 1 aromatic carbocycles. The molecule has 0 saturated carbocycles. The molecule has 0 aliphatic carbocycles. The van der Waals surface area contributed by atoms with Gasteiger partial charge in [0.05, 0.1) is 16.8 Å². The first-order valence-corrected chi connectivity index (χ1v) is 8.43. The van der Waals surface area contributed by atoms with E-state index < -0.39 is 11.5 Å². The Morgan fingerprint density at radius 2 is 2.04 bits per heavy atom. The maximum Gasteiger partial charge on any atom is 0.260 e. The number of hydrogen-bond donors (Lipinski definition) is 2. The van der Waals surface area contributed by atoms with E-state index >= 15 is 0 Å². The predicted octanol–water partition coefficient (Wildman–Crippen LogP) is 3.17. The highest BCUT2D eigenvalue weighted by Crippen LogP contribution is 2.31. The zero-order chi connectivity index (χ0) is 17.2. The molecule has 6 nitrogen and oxygen atoms in total. The maximum absolute atomic E-state index is 12.0. The molecule has 4 rings (SSSR count). The minimum Gasteiger partial charge on any atom is -0.457 e. The number of benzene rings is 1. The summed E-state index contributed by atoms with van der Waals surface area (Å²) in [5.41, 5.74) is 0.576. The van der Waals surface area contributed by atoms with E-state index in [4.69, 9.17) is 4.42 Å². The number of para-hydroxylation sites is 1. The summed E-state index contributed by atoms with van der Waals surface area (Å²) < 4.78 is 6.85. The second-order valence-electron chi connectivity index (χ2n) is 5.35. The highest BCUT2D eigenvalue weighted by atomic mass is 32.1. The third kappa shape index (κ3) is 3.09. The van der Waals surface area contributed by atoms with Gasteiger partial charge in [-0.15, -0.1) is 11.3 Å². The van der Waals surface area contributed by atoms with Gasteiger partial charge in [-0.2, -0.15) is 0 Å². The molecule has 0 unspecified atom stereocenters. The van der Waals surface area contributed by atoms with Crippen LogP contribution in [0.3, 0.4) is 0 Å². The molecule has 0 fully saturated rings. The van der Waals surface area contributed by atoms with Crippen LogP contribution in [-0.4, -0.2) is 15.9 Å². The Labute approximate surface area is 146 Å². The third-order valence-electron chi connectivity index (χ3n) is 3.65. The van der Waals surface area contributed by atoms with E-state index in [0.29, 0.717) is 11.5 Å². The van der Waals surface area contributed by atoms with Gasteiger partial charge in [0, 0.05) is 6.20 Å². The highest BCUT2D eigenvalue weighted by molar-refractivity contribution is 7.21. The van der Waals surface area contributed by atoms with Gasteiger partial charge >= 0.3 is 0 Å². The highest BCUT2D eigenvalue weighted by Gasteiger charge is 2.13. The van der Waals surface area contributed by atoms with Crippen molar-refractivity contribution in [3.8, 4) is 10.8 Å². The van der Waals surface area contributed by atoms with Gasteiger partial charge < -0.3 is 14.7 Å². The first-order chi connectivity index (χ1) is 12.2. The lowest BCUT2D eigenvalue weighted by Gasteiger charge is -2.02. The number of carbonyl (C=O) groups excluding carboxylic acids is 1. The molecule has 25 heavy (non-hydrogen) atoms. The SMILES string of the molecule is O=C(NCc1ccc(-c2nc3ccccc3s2)o1)c1ccc[nH]c1=O. The van der Waals surface area contributed by atoms with Crippen LogP contribution in [0.2, 0.25) is 0 Å². The van der Waals surface area contributed by atoms with E-state index in [9.17, 15) is 9.59 Å². The summed E-state index contributed by atoms with van der Waals surface area (Å²) in [7, 11) is 0. The topological polar surface area (TPSA) is 88.0 Å². The molecular weight excluding hydrogens is 338 g/mol. The Bertz CT molecular complexity index is 1080. The zero-order valence-corrected chi connectivity index (χ0v) is 13.8. The van der Waals surface area contributed by atoms with E-state index in [-0.39, 0.29) is 12.1 Å². The second-order valence-corrected chi connectivity index (χ2v) is 6.38. The van der Waals surface area contributed by atoms with Crippen molar-refractivity contribution < 1.29 is 9.21 Å².